The Labute approximate surface area is 85.3 Å². The predicted octanol–water partition coefficient (Wildman–Crippen LogP) is 0.688. The third kappa shape index (κ3) is 2.42. The van der Waals surface area contributed by atoms with Crippen molar-refractivity contribution in [3.8, 4) is 0 Å². The van der Waals surface area contributed by atoms with E-state index in [0.717, 1.165) is 0 Å². The van der Waals surface area contributed by atoms with Crippen LogP contribution in [-0.4, -0.2) is 34.7 Å². The van der Waals surface area contributed by atoms with Crippen LogP contribution in [0.5, 0.6) is 0 Å². The van der Waals surface area contributed by atoms with Gasteiger partial charge in [0.25, 0.3) is 18.6 Å². The monoisotopic (exact) mass is 309 g/mol. The van der Waals surface area contributed by atoms with E-state index in [0.29, 0.717) is 0 Å². The lowest BCUT2D eigenvalue weighted by Gasteiger charge is -2.10. The molecule has 1 N–H and O–H groups in total. The fraction of sp³-hybridized carbons (Fsp3) is 1.00. The first-order chi connectivity index (χ1) is 6.65. The van der Waals surface area contributed by atoms with Crippen molar-refractivity contribution in [2.75, 3.05) is 0 Å². The Kier molecular flexibility index (Phi) is 3.64. The first-order valence-electron chi connectivity index (χ1n) is 2.87. The van der Waals surface area contributed by atoms with Crippen molar-refractivity contribution in [2.24, 2.45) is 0 Å². The maximum atomic E-state index is 11.7. The third-order valence-corrected chi connectivity index (χ3v) is 11.6. The maximum Gasteiger partial charge on any atom is 0.497 e. The van der Waals surface area contributed by atoms with Gasteiger partial charge >= 0.3 is 17.9 Å². The van der Waals surface area contributed by atoms with Gasteiger partial charge in [-0.3, -0.25) is 0 Å². The summed E-state index contributed by atoms with van der Waals surface area (Å²) in [5.74, 6) is 0. The van der Waals surface area contributed by atoms with Crippen LogP contribution in [0.1, 0.15) is 0 Å². The summed E-state index contributed by atoms with van der Waals surface area (Å²) >= 11 is 0. The van der Waals surface area contributed by atoms with E-state index in [2.05, 4.69) is 0 Å². The molecule has 0 fully saturated rings. The molecule has 0 aromatic heterocycles. The Morgan fingerprint density at radius 2 is 0.938 bits per heavy atom. The average molecular weight is 309 g/mol. The molecule has 0 heterocycles. The van der Waals surface area contributed by atoms with Crippen LogP contribution in [-0.2, 0) is 18.6 Å². The second kappa shape index (κ2) is 3.76. The number of hydrogen-bond acceptors (Lipinski definition) is 5. The molecule has 14 heteroatoms. The van der Waals surface area contributed by atoms with Gasteiger partial charge in [-0.15, -0.1) is 0 Å². The fourth-order valence-corrected chi connectivity index (χ4v) is 7.49. The summed E-state index contributed by atoms with van der Waals surface area (Å²) in [6.45, 7) is -5.51. The molecule has 0 aliphatic rings. The van der Waals surface area contributed by atoms with Crippen molar-refractivity contribution in [3.05, 3.63) is 0 Å². The van der Waals surface area contributed by atoms with E-state index in [-0.39, 0.29) is 0 Å². The summed E-state index contributed by atoms with van der Waals surface area (Å²) in [7, 11) is -13.3. The minimum atomic E-state index is -6.66. The van der Waals surface area contributed by atoms with Crippen molar-refractivity contribution in [1.82, 2.24) is 0 Å². The van der Waals surface area contributed by atoms with Gasteiger partial charge in [-0.2, -0.15) is 26.3 Å². The highest BCUT2D eigenvalue weighted by molar-refractivity contribution is 8.45. The summed E-state index contributed by atoms with van der Waals surface area (Å²) in [5.41, 5.74) is -12.4. The summed E-state index contributed by atoms with van der Waals surface area (Å²) in [4.78, 5) is 0. The van der Waals surface area contributed by atoms with Crippen molar-refractivity contribution in [2.45, 2.75) is 11.0 Å². The van der Waals surface area contributed by atoms with Gasteiger partial charge in [0, 0.05) is 0 Å². The molecule has 5 nitrogen and oxygen atoms in total. The molecule has 0 amide bonds. The average Bonchev–Trinajstić information content (AvgIpc) is 1.98. The SMILES string of the molecule is N=[Si](S(=O)(=O)C(F)(F)F)S(=O)(=O)C(F)(F)F. The second-order valence-corrected chi connectivity index (χ2v) is 12.1. The number of hydrogen-bond donors (Lipinski definition) is 1. The van der Waals surface area contributed by atoms with Gasteiger partial charge in [-0.05, 0) is 0 Å². The van der Waals surface area contributed by atoms with Crippen molar-refractivity contribution in [3.63, 3.8) is 0 Å². The summed E-state index contributed by atoms with van der Waals surface area (Å²) in [5, 5.41) is 6.17. The molecular formula is C2HF6NO4S2Si. The smallest absolute Gasteiger partial charge is 0.322 e. The minimum Gasteiger partial charge on any atom is -0.322 e. The van der Waals surface area contributed by atoms with Crippen LogP contribution in [0.15, 0.2) is 0 Å². The van der Waals surface area contributed by atoms with E-state index in [1.807, 2.05) is 0 Å². The molecule has 0 saturated carbocycles. The normalized spacial score (nSPS) is 14.9. The molecule has 0 aromatic carbocycles. The minimum absolute atomic E-state index is 5.51. The molecule has 0 bridgehead atoms. The van der Waals surface area contributed by atoms with E-state index in [1.54, 1.807) is 0 Å². The fourth-order valence-electron chi connectivity index (χ4n) is 0.355. The number of rotatable bonds is 2. The zero-order valence-electron chi connectivity index (χ0n) is 6.72. The molecule has 0 aliphatic carbocycles. The molecule has 0 unspecified atom stereocenters. The van der Waals surface area contributed by atoms with Gasteiger partial charge in [-0.25, -0.2) is 16.8 Å². The van der Waals surface area contributed by atoms with E-state index < -0.39 is 36.5 Å². The molecule has 0 aliphatic heterocycles. The zero-order valence-corrected chi connectivity index (χ0v) is 9.35. The van der Waals surface area contributed by atoms with Gasteiger partial charge < -0.3 is 5.05 Å². The van der Waals surface area contributed by atoms with Gasteiger partial charge in [0.2, 0.25) is 0 Å². The largest absolute Gasteiger partial charge is 0.497 e. The van der Waals surface area contributed by atoms with E-state index >= 15 is 0 Å². The van der Waals surface area contributed by atoms with Crippen molar-refractivity contribution >= 4 is 25.5 Å². The summed E-state index contributed by atoms with van der Waals surface area (Å²) < 4.78 is 111. The van der Waals surface area contributed by atoms with E-state index in [1.165, 1.54) is 0 Å². The van der Waals surface area contributed by atoms with Crippen LogP contribution < -0.4 is 0 Å². The molecule has 0 saturated heterocycles. The predicted molar refractivity (Wildman–Crippen MR) is 38.4 cm³/mol. The molecular weight excluding hydrogens is 308 g/mol. The molecule has 0 spiro atoms. The molecule has 16 heavy (non-hydrogen) atoms. The van der Waals surface area contributed by atoms with Crippen LogP contribution in [0.4, 0.5) is 26.3 Å². The molecule has 0 rings (SSSR count). The number of halogens is 6. The number of nitrogens with one attached hydrogen (secondary N) is 1. The summed E-state index contributed by atoms with van der Waals surface area (Å²) in [6, 6.07) is 0. The Hall–Kier alpha value is -0.503. The van der Waals surface area contributed by atoms with Gasteiger partial charge in [-0.1, -0.05) is 0 Å². The van der Waals surface area contributed by atoms with Gasteiger partial charge in [0.1, 0.15) is 0 Å². The Bertz CT molecular complexity index is 452. The topological polar surface area (TPSA) is 92.1 Å². The standard InChI is InChI=1S/C2HF6NO4S2Si/c3-1(4,5)14(10,11)16(9)15(12,13)2(6,7)8/h9H. The highest BCUT2D eigenvalue weighted by Gasteiger charge is 2.61. The van der Waals surface area contributed by atoms with Crippen molar-refractivity contribution < 1.29 is 43.2 Å². The number of alkyl halides is 6. The molecule has 0 aromatic rings. The van der Waals surface area contributed by atoms with Crippen LogP contribution in [0.2, 0.25) is 0 Å². The quantitative estimate of drug-likeness (QED) is 0.600. The highest BCUT2D eigenvalue weighted by Crippen LogP contribution is 2.31. The second-order valence-electron chi connectivity index (χ2n) is 2.19. The maximum absolute atomic E-state index is 11.7. The van der Waals surface area contributed by atoms with Crippen LogP contribution in [0, 0.1) is 5.05 Å². The molecule has 0 atom stereocenters. The lowest BCUT2D eigenvalue weighted by atomic mass is 11.6. The van der Waals surface area contributed by atoms with Crippen LogP contribution in [0.25, 0.3) is 0 Å². The Balaban J connectivity index is 5.81. The van der Waals surface area contributed by atoms with Crippen LogP contribution >= 0.6 is 0 Å². The Morgan fingerprint density at radius 1 is 0.750 bits per heavy atom. The van der Waals surface area contributed by atoms with Crippen molar-refractivity contribution in [1.29, 1.82) is 5.05 Å². The highest BCUT2D eigenvalue weighted by atomic mass is 32.6. The summed E-state index contributed by atoms with van der Waals surface area (Å²) in [6.07, 6.45) is 0. The zero-order chi connectivity index (χ0) is 13.6. The van der Waals surface area contributed by atoms with E-state index in [9.17, 15) is 43.2 Å². The van der Waals surface area contributed by atoms with Gasteiger partial charge in [0.15, 0.2) is 0 Å². The van der Waals surface area contributed by atoms with E-state index in [4.69, 9.17) is 5.05 Å². The molecule has 96 valence electrons. The molecule has 0 radical (unpaired) electrons. The van der Waals surface area contributed by atoms with Gasteiger partial charge in [0.05, 0.1) is 0 Å². The van der Waals surface area contributed by atoms with Crippen LogP contribution in [0.3, 0.4) is 0 Å². The first-order valence-corrected chi connectivity index (χ1v) is 8.78. The first kappa shape index (κ1) is 15.5. The lowest BCUT2D eigenvalue weighted by Crippen LogP contribution is -2.42. The Morgan fingerprint density at radius 3 is 1.06 bits per heavy atom. The lowest BCUT2D eigenvalue weighted by molar-refractivity contribution is -0.0422. The third-order valence-electron chi connectivity index (χ3n) is 1.10.